The molecule has 0 radical (unpaired) electrons. The first-order valence-electron chi connectivity index (χ1n) is 6.65. The van der Waals surface area contributed by atoms with E-state index in [0.29, 0.717) is 4.60 Å². The second-order valence-electron chi connectivity index (χ2n) is 4.71. The Labute approximate surface area is 135 Å². The normalized spacial score (nSPS) is 10.6. The molecule has 0 saturated carbocycles. The summed E-state index contributed by atoms with van der Waals surface area (Å²) in [6, 6.07) is 17.0. The van der Waals surface area contributed by atoms with Crippen molar-refractivity contribution in [2.24, 2.45) is 0 Å². The van der Waals surface area contributed by atoms with E-state index in [0.717, 1.165) is 16.3 Å². The van der Waals surface area contributed by atoms with Gasteiger partial charge < -0.3 is 9.84 Å². The zero-order chi connectivity index (χ0) is 15.5. The van der Waals surface area contributed by atoms with Crippen molar-refractivity contribution in [1.82, 2.24) is 4.98 Å². The van der Waals surface area contributed by atoms with Crippen LogP contribution in [0.2, 0.25) is 0 Å². The predicted octanol–water partition coefficient (Wildman–Crippen LogP) is 4.27. The molecule has 0 amide bonds. The number of benzene rings is 2. The molecule has 0 saturated heterocycles. The first-order valence-corrected chi connectivity index (χ1v) is 7.44. The molecule has 110 valence electrons. The predicted molar refractivity (Wildman–Crippen MR) is 87.2 cm³/mol. The summed E-state index contributed by atoms with van der Waals surface area (Å²) < 4.78 is 6.28. The van der Waals surface area contributed by atoms with Crippen molar-refractivity contribution < 1.29 is 14.6 Å². The lowest BCUT2D eigenvalue weighted by molar-refractivity contribution is 0.0685. The van der Waals surface area contributed by atoms with E-state index < -0.39 is 5.97 Å². The molecule has 4 nitrogen and oxygen atoms in total. The Balaban J connectivity index is 2.08. The highest BCUT2D eigenvalue weighted by Gasteiger charge is 2.19. The number of pyridine rings is 1. The van der Waals surface area contributed by atoms with Gasteiger partial charge in [0.2, 0.25) is 0 Å². The second kappa shape index (κ2) is 6.15. The van der Waals surface area contributed by atoms with Gasteiger partial charge in [0.1, 0.15) is 11.2 Å². The van der Waals surface area contributed by atoms with Crippen LogP contribution in [0.5, 0.6) is 5.75 Å². The number of hydrogen-bond donors (Lipinski definition) is 1. The molecular weight excluding hydrogens is 346 g/mol. The van der Waals surface area contributed by atoms with Crippen LogP contribution in [-0.2, 0) is 6.61 Å². The van der Waals surface area contributed by atoms with E-state index in [2.05, 4.69) is 20.9 Å². The third-order valence-corrected chi connectivity index (χ3v) is 3.85. The highest BCUT2D eigenvalue weighted by Crippen LogP contribution is 2.33. The fourth-order valence-corrected chi connectivity index (χ4v) is 2.74. The number of aromatic nitrogens is 1. The van der Waals surface area contributed by atoms with Crippen LogP contribution >= 0.6 is 15.9 Å². The summed E-state index contributed by atoms with van der Waals surface area (Å²) in [4.78, 5) is 15.6. The molecule has 0 unspecified atom stereocenters. The van der Waals surface area contributed by atoms with Crippen LogP contribution in [0.4, 0.5) is 0 Å². The number of hydrogen-bond acceptors (Lipinski definition) is 3. The molecule has 22 heavy (non-hydrogen) atoms. The lowest BCUT2D eigenvalue weighted by Crippen LogP contribution is -2.07. The minimum Gasteiger partial charge on any atom is -0.486 e. The van der Waals surface area contributed by atoms with E-state index in [1.165, 1.54) is 0 Å². The number of aromatic carboxylic acids is 1. The van der Waals surface area contributed by atoms with Crippen molar-refractivity contribution in [2.45, 2.75) is 6.61 Å². The molecule has 1 aromatic heterocycles. The van der Waals surface area contributed by atoms with E-state index >= 15 is 0 Å². The van der Waals surface area contributed by atoms with Crippen LogP contribution in [-0.4, -0.2) is 16.1 Å². The molecule has 0 atom stereocenters. The van der Waals surface area contributed by atoms with Gasteiger partial charge in [0.15, 0.2) is 11.4 Å². The molecule has 0 aliphatic carbocycles. The maximum absolute atomic E-state index is 11.5. The van der Waals surface area contributed by atoms with Gasteiger partial charge in [-0.15, -0.1) is 0 Å². The maximum atomic E-state index is 11.5. The fraction of sp³-hybridized carbons (Fsp3) is 0.0588. The molecular formula is C17H12BrNO3. The summed E-state index contributed by atoms with van der Waals surface area (Å²) in [5.74, 6) is -0.829. The minimum absolute atomic E-state index is 0.0958. The summed E-state index contributed by atoms with van der Waals surface area (Å²) in [6.45, 7) is 0.286. The summed E-state index contributed by atoms with van der Waals surface area (Å²) in [6.07, 6.45) is 0. The number of rotatable bonds is 4. The standard InChI is InChI=1S/C17H12BrNO3/c18-16-13-9-5-4-8-12(13)15(14(19-16)17(20)21)22-10-11-6-2-1-3-7-11/h1-9H,10H2,(H,20,21). The third kappa shape index (κ3) is 2.80. The molecule has 5 heteroatoms. The molecule has 0 aliphatic rings. The smallest absolute Gasteiger partial charge is 0.358 e. The number of carboxylic acid groups (broad SMARTS) is 1. The Morgan fingerprint density at radius 1 is 1.05 bits per heavy atom. The topological polar surface area (TPSA) is 59.4 Å². The molecule has 1 N–H and O–H groups in total. The number of fused-ring (bicyclic) bond motifs is 1. The largest absolute Gasteiger partial charge is 0.486 e. The molecule has 1 heterocycles. The van der Waals surface area contributed by atoms with E-state index in [4.69, 9.17) is 4.74 Å². The highest BCUT2D eigenvalue weighted by atomic mass is 79.9. The SMILES string of the molecule is O=C(O)c1nc(Br)c2ccccc2c1OCc1ccccc1. The molecule has 0 aliphatic heterocycles. The van der Waals surface area contributed by atoms with E-state index in [1.54, 1.807) is 0 Å². The quantitative estimate of drug-likeness (QED) is 0.708. The number of halogens is 1. The first kappa shape index (κ1) is 14.5. The van der Waals surface area contributed by atoms with Gasteiger partial charge in [-0.2, -0.15) is 0 Å². The Morgan fingerprint density at radius 2 is 1.68 bits per heavy atom. The van der Waals surface area contributed by atoms with Crippen LogP contribution in [0.3, 0.4) is 0 Å². The van der Waals surface area contributed by atoms with Crippen LogP contribution in [0.25, 0.3) is 10.8 Å². The number of carboxylic acids is 1. The second-order valence-corrected chi connectivity index (χ2v) is 5.46. The highest BCUT2D eigenvalue weighted by molar-refractivity contribution is 9.10. The summed E-state index contributed by atoms with van der Waals surface area (Å²) in [7, 11) is 0. The number of carbonyl (C=O) groups is 1. The molecule has 0 bridgehead atoms. The number of nitrogens with zero attached hydrogens (tertiary/aromatic N) is 1. The molecule has 0 fully saturated rings. The number of ether oxygens (including phenoxy) is 1. The summed E-state index contributed by atoms with van der Waals surface area (Å²) in [5, 5.41) is 10.9. The van der Waals surface area contributed by atoms with E-state index in [1.807, 2.05) is 54.6 Å². The van der Waals surface area contributed by atoms with Crippen molar-refractivity contribution in [3.05, 3.63) is 70.5 Å². The van der Waals surface area contributed by atoms with Gasteiger partial charge in [-0.1, -0.05) is 54.6 Å². The van der Waals surface area contributed by atoms with Gasteiger partial charge in [0.05, 0.1) is 0 Å². The maximum Gasteiger partial charge on any atom is 0.358 e. The fourth-order valence-electron chi connectivity index (χ4n) is 2.22. The molecule has 2 aromatic carbocycles. The zero-order valence-corrected chi connectivity index (χ0v) is 13.1. The first-order chi connectivity index (χ1) is 10.7. The zero-order valence-electron chi connectivity index (χ0n) is 11.5. The minimum atomic E-state index is -1.12. The Hall–Kier alpha value is -2.40. The lowest BCUT2D eigenvalue weighted by atomic mass is 10.1. The van der Waals surface area contributed by atoms with Crippen molar-refractivity contribution in [3.8, 4) is 5.75 Å². The van der Waals surface area contributed by atoms with Gasteiger partial charge in [-0.3, -0.25) is 0 Å². The van der Waals surface area contributed by atoms with Crippen molar-refractivity contribution >= 4 is 32.7 Å². The van der Waals surface area contributed by atoms with Crippen LogP contribution < -0.4 is 4.74 Å². The van der Waals surface area contributed by atoms with Gasteiger partial charge >= 0.3 is 5.97 Å². The summed E-state index contributed by atoms with van der Waals surface area (Å²) in [5.41, 5.74) is 0.868. The lowest BCUT2D eigenvalue weighted by Gasteiger charge is -2.13. The van der Waals surface area contributed by atoms with Crippen molar-refractivity contribution in [3.63, 3.8) is 0 Å². The molecule has 3 aromatic rings. The van der Waals surface area contributed by atoms with Gasteiger partial charge in [0.25, 0.3) is 0 Å². The average molecular weight is 358 g/mol. The van der Waals surface area contributed by atoms with E-state index in [-0.39, 0.29) is 18.1 Å². The molecule has 3 rings (SSSR count). The van der Waals surface area contributed by atoms with Crippen molar-refractivity contribution in [2.75, 3.05) is 0 Å². The van der Waals surface area contributed by atoms with Gasteiger partial charge in [-0.05, 0) is 21.5 Å². The monoisotopic (exact) mass is 357 g/mol. The molecule has 0 spiro atoms. The Morgan fingerprint density at radius 3 is 2.36 bits per heavy atom. The van der Waals surface area contributed by atoms with Crippen LogP contribution in [0, 0.1) is 0 Å². The van der Waals surface area contributed by atoms with E-state index in [9.17, 15) is 9.90 Å². The van der Waals surface area contributed by atoms with Crippen LogP contribution in [0.1, 0.15) is 16.1 Å². The van der Waals surface area contributed by atoms with Crippen LogP contribution in [0.15, 0.2) is 59.2 Å². The van der Waals surface area contributed by atoms with Crippen molar-refractivity contribution in [1.29, 1.82) is 0 Å². The Kier molecular flexibility index (Phi) is 4.06. The summed E-state index contributed by atoms with van der Waals surface area (Å²) >= 11 is 3.32. The van der Waals surface area contributed by atoms with Gasteiger partial charge in [-0.25, -0.2) is 9.78 Å². The third-order valence-electron chi connectivity index (χ3n) is 3.25. The Bertz CT molecular complexity index is 834. The average Bonchev–Trinajstić information content (AvgIpc) is 2.55. The van der Waals surface area contributed by atoms with Gasteiger partial charge in [0, 0.05) is 10.8 Å².